The van der Waals surface area contributed by atoms with Crippen LogP contribution in [0.2, 0.25) is 0 Å². The van der Waals surface area contributed by atoms with Gasteiger partial charge in [0.15, 0.2) is 6.61 Å². The van der Waals surface area contributed by atoms with E-state index in [4.69, 9.17) is 4.74 Å². The van der Waals surface area contributed by atoms with Gasteiger partial charge in [-0.1, -0.05) is 0 Å². The fourth-order valence-electron chi connectivity index (χ4n) is 2.09. The Morgan fingerprint density at radius 2 is 2.13 bits per heavy atom. The molecule has 1 aromatic heterocycles. The lowest BCUT2D eigenvalue weighted by atomic mass is 10.1. The van der Waals surface area contributed by atoms with Crippen molar-refractivity contribution in [1.29, 1.82) is 0 Å². The van der Waals surface area contributed by atoms with Crippen LogP contribution in [0.1, 0.15) is 19.3 Å². The number of sulfonamides is 1. The molecule has 0 aromatic carbocycles. The van der Waals surface area contributed by atoms with Crippen molar-refractivity contribution in [2.45, 2.75) is 31.5 Å². The molecule has 2 heterocycles. The van der Waals surface area contributed by atoms with Gasteiger partial charge in [0.25, 0.3) is 0 Å². The van der Waals surface area contributed by atoms with Gasteiger partial charge in [-0.3, -0.25) is 4.72 Å². The average Bonchev–Trinajstić information content (AvgIpc) is 2.46. The maximum Gasteiger partial charge on any atom is 0.422 e. The minimum atomic E-state index is -4.46. The molecule has 23 heavy (non-hydrogen) atoms. The molecule has 0 radical (unpaired) electrons. The third-order valence-corrected chi connectivity index (χ3v) is 4.43. The predicted octanol–water partition coefficient (Wildman–Crippen LogP) is 2.33. The largest absolute Gasteiger partial charge is 0.468 e. The van der Waals surface area contributed by atoms with E-state index in [-0.39, 0.29) is 23.4 Å². The number of hydrogen-bond donors (Lipinski definition) is 1. The van der Waals surface area contributed by atoms with Gasteiger partial charge < -0.3 is 9.47 Å². The van der Waals surface area contributed by atoms with Crippen LogP contribution >= 0.6 is 0 Å². The van der Waals surface area contributed by atoms with E-state index < -0.39 is 22.8 Å². The van der Waals surface area contributed by atoms with E-state index in [2.05, 4.69) is 14.4 Å². The Bertz CT molecular complexity index is 599. The molecule has 0 saturated carbocycles. The lowest BCUT2D eigenvalue weighted by molar-refractivity contribution is -0.154. The van der Waals surface area contributed by atoms with E-state index in [1.165, 1.54) is 12.1 Å². The first-order valence-corrected chi connectivity index (χ1v) is 8.66. The Hall–Kier alpha value is -1.55. The van der Waals surface area contributed by atoms with Gasteiger partial charge in [0.05, 0.1) is 23.7 Å². The summed E-state index contributed by atoms with van der Waals surface area (Å²) in [4.78, 5) is 3.63. The number of halogens is 3. The fraction of sp³-hybridized carbons (Fsp3) is 0.615. The van der Waals surface area contributed by atoms with Gasteiger partial charge in [-0.05, 0) is 25.3 Å². The molecule has 1 saturated heterocycles. The van der Waals surface area contributed by atoms with Gasteiger partial charge in [0, 0.05) is 12.7 Å². The van der Waals surface area contributed by atoms with Crippen LogP contribution in [0.5, 0.6) is 5.88 Å². The molecule has 1 unspecified atom stereocenters. The molecule has 0 amide bonds. The summed E-state index contributed by atoms with van der Waals surface area (Å²) in [7, 11) is -3.62. The van der Waals surface area contributed by atoms with Crippen LogP contribution in [0.15, 0.2) is 18.3 Å². The lowest BCUT2D eigenvalue weighted by Gasteiger charge is -2.22. The molecule has 1 aromatic rings. The zero-order valence-corrected chi connectivity index (χ0v) is 13.0. The second kappa shape index (κ2) is 7.35. The highest BCUT2D eigenvalue weighted by atomic mass is 32.2. The minimum absolute atomic E-state index is 0.153. The number of rotatable bonds is 6. The summed E-state index contributed by atoms with van der Waals surface area (Å²) in [5.74, 6) is -0.403. The molecule has 130 valence electrons. The fourth-order valence-corrected chi connectivity index (χ4v) is 3.40. The number of pyridine rings is 1. The van der Waals surface area contributed by atoms with Crippen LogP contribution in [-0.4, -0.2) is 44.6 Å². The molecule has 0 bridgehead atoms. The Kier molecular flexibility index (Phi) is 5.69. The van der Waals surface area contributed by atoms with Crippen molar-refractivity contribution in [3.05, 3.63) is 18.3 Å². The van der Waals surface area contributed by atoms with Crippen molar-refractivity contribution in [2.24, 2.45) is 0 Å². The highest BCUT2D eigenvalue weighted by Crippen LogP contribution is 2.19. The first-order valence-electron chi connectivity index (χ1n) is 7.01. The monoisotopic (exact) mass is 354 g/mol. The number of hydrogen-bond acceptors (Lipinski definition) is 5. The SMILES string of the molecule is O=S(=O)(CC1CCCCO1)Nc1ccc(OCC(F)(F)F)nc1. The average molecular weight is 354 g/mol. The van der Waals surface area contributed by atoms with Crippen LogP contribution in [0.3, 0.4) is 0 Å². The number of nitrogens with zero attached hydrogens (tertiary/aromatic N) is 1. The minimum Gasteiger partial charge on any atom is -0.468 e. The predicted molar refractivity (Wildman–Crippen MR) is 76.8 cm³/mol. The molecule has 10 heteroatoms. The normalized spacial score (nSPS) is 19.3. The molecule has 0 aliphatic carbocycles. The van der Waals surface area contributed by atoms with Crippen molar-refractivity contribution in [3.8, 4) is 5.88 Å². The van der Waals surface area contributed by atoms with Gasteiger partial charge >= 0.3 is 6.18 Å². The van der Waals surface area contributed by atoms with Crippen molar-refractivity contribution in [1.82, 2.24) is 4.98 Å². The van der Waals surface area contributed by atoms with Gasteiger partial charge in [0.1, 0.15) is 0 Å². The summed E-state index contributed by atoms with van der Waals surface area (Å²) < 4.78 is 72.2. The van der Waals surface area contributed by atoms with Gasteiger partial charge in [-0.25, -0.2) is 13.4 Å². The van der Waals surface area contributed by atoms with Crippen LogP contribution in [-0.2, 0) is 14.8 Å². The molecular formula is C13H17F3N2O4S. The Morgan fingerprint density at radius 3 is 2.70 bits per heavy atom. The summed E-state index contributed by atoms with van der Waals surface area (Å²) in [6.07, 6.45) is -1.17. The first kappa shape index (κ1) is 17.8. The van der Waals surface area contributed by atoms with Crippen molar-refractivity contribution in [3.63, 3.8) is 0 Å². The summed E-state index contributed by atoms with van der Waals surface area (Å²) >= 11 is 0. The molecule has 1 atom stereocenters. The van der Waals surface area contributed by atoms with E-state index >= 15 is 0 Å². The summed E-state index contributed by atoms with van der Waals surface area (Å²) in [5, 5.41) is 0. The maximum atomic E-state index is 12.0. The second-order valence-corrected chi connectivity index (χ2v) is 6.93. The molecule has 2 rings (SSSR count). The lowest BCUT2D eigenvalue weighted by Crippen LogP contribution is -2.30. The summed E-state index contributed by atoms with van der Waals surface area (Å²) in [5.41, 5.74) is 0.153. The smallest absolute Gasteiger partial charge is 0.422 e. The Balaban J connectivity index is 1.89. The van der Waals surface area contributed by atoms with E-state index in [9.17, 15) is 21.6 Å². The third-order valence-electron chi connectivity index (χ3n) is 3.07. The zero-order chi connectivity index (χ0) is 16.9. The van der Waals surface area contributed by atoms with Gasteiger partial charge in [-0.15, -0.1) is 0 Å². The molecule has 0 spiro atoms. The summed E-state index contributed by atoms with van der Waals surface area (Å²) in [6.45, 7) is -0.906. The zero-order valence-electron chi connectivity index (χ0n) is 12.2. The van der Waals surface area contributed by atoms with Crippen LogP contribution in [0, 0.1) is 0 Å². The molecular weight excluding hydrogens is 337 g/mol. The van der Waals surface area contributed by atoms with Crippen LogP contribution in [0.4, 0.5) is 18.9 Å². The molecule has 1 aliphatic rings. The third kappa shape index (κ3) is 6.61. The number of anilines is 1. The van der Waals surface area contributed by atoms with Gasteiger partial charge in [0.2, 0.25) is 15.9 Å². The van der Waals surface area contributed by atoms with Crippen LogP contribution in [0.25, 0.3) is 0 Å². The highest BCUT2D eigenvalue weighted by Gasteiger charge is 2.28. The summed E-state index contributed by atoms with van der Waals surface area (Å²) in [6, 6.07) is 2.46. The van der Waals surface area contributed by atoms with Crippen molar-refractivity contribution in [2.75, 3.05) is 23.7 Å². The van der Waals surface area contributed by atoms with E-state index in [1.54, 1.807) is 0 Å². The maximum absolute atomic E-state index is 12.0. The molecule has 6 nitrogen and oxygen atoms in total. The van der Waals surface area contributed by atoms with Crippen LogP contribution < -0.4 is 9.46 Å². The number of nitrogens with one attached hydrogen (secondary N) is 1. The number of ether oxygens (including phenoxy) is 2. The first-order chi connectivity index (χ1) is 10.7. The Morgan fingerprint density at radius 1 is 1.35 bits per heavy atom. The Labute approximate surface area is 132 Å². The number of aromatic nitrogens is 1. The van der Waals surface area contributed by atoms with E-state index in [1.807, 2.05) is 0 Å². The second-order valence-electron chi connectivity index (χ2n) is 5.16. The highest BCUT2D eigenvalue weighted by molar-refractivity contribution is 7.92. The molecule has 1 fully saturated rings. The van der Waals surface area contributed by atoms with Crippen molar-refractivity contribution >= 4 is 15.7 Å². The van der Waals surface area contributed by atoms with Crippen molar-refractivity contribution < 1.29 is 31.1 Å². The topological polar surface area (TPSA) is 77.5 Å². The number of alkyl halides is 3. The standard InChI is InChI=1S/C13H17F3N2O4S/c14-13(15,16)9-22-12-5-4-10(7-17-12)18-23(19,20)8-11-3-1-2-6-21-11/h4-5,7,11,18H,1-3,6,8-9H2. The quantitative estimate of drug-likeness (QED) is 0.848. The molecule has 1 N–H and O–H groups in total. The van der Waals surface area contributed by atoms with Gasteiger partial charge in [-0.2, -0.15) is 13.2 Å². The van der Waals surface area contributed by atoms with E-state index in [0.29, 0.717) is 13.0 Å². The van der Waals surface area contributed by atoms with E-state index in [0.717, 1.165) is 19.0 Å². The molecule has 1 aliphatic heterocycles.